The number of anilines is 1. The second kappa shape index (κ2) is 8.75. The summed E-state index contributed by atoms with van der Waals surface area (Å²) in [5, 5.41) is 2.50. The second-order valence-corrected chi connectivity index (χ2v) is 7.52. The number of hydrogen-bond donors (Lipinski definition) is 1. The summed E-state index contributed by atoms with van der Waals surface area (Å²) in [6.07, 6.45) is 0.619. The number of carbonyl (C=O) groups excluding carboxylic acids is 1. The Morgan fingerprint density at radius 3 is 2.59 bits per heavy atom. The molecule has 2 aromatic rings. The third-order valence-corrected chi connectivity index (χ3v) is 5.06. The molecule has 0 spiro atoms. The largest absolute Gasteiger partial charge is 0.612 e. The number of hydrogen-bond acceptors (Lipinski definition) is 3. The van der Waals surface area contributed by atoms with Gasteiger partial charge in [0.15, 0.2) is 4.90 Å². The van der Waals surface area contributed by atoms with E-state index in [1.807, 2.05) is 6.92 Å². The van der Waals surface area contributed by atoms with Crippen molar-refractivity contribution in [1.82, 2.24) is 4.98 Å². The predicted molar refractivity (Wildman–Crippen MR) is 99.3 cm³/mol. The van der Waals surface area contributed by atoms with Crippen LogP contribution in [0.15, 0.2) is 35.4 Å². The summed E-state index contributed by atoms with van der Waals surface area (Å²) in [5.74, 6) is -0.614. The summed E-state index contributed by atoms with van der Waals surface area (Å²) in [6.45, 7) is 3.35. The summed E-state index contributed by atoms with van der Waals surface area (Å²) >= 11 is -1.44. The molecule has 0 fully saturated rings. The third kappa shape index (κ3) is 5.23. The molecule has 0 radical (unpaired) electrons. The van der Waals surface area contributed by atoms with Crippen LogP contribution in [-0.4, -0.2) is 21.7 Å². The number of halogens is 3. The van der Waals surface area contributed by atoms with E-state index in [9.17, 15) is 22.5 Å². The van der Waals surface area contributed by atoms with Crippen molar-refractivity contribution in [2.24, 2.45) is 0 Å². The number of nitrogens with zero attached hydrogens (tertiary/aromatic N) is 1. The Balaban J connectivity index is 2.41. The maximum absolute atomic E-state index is 13.1. The average molecular weight is 398 g/mol. The van der Waals surface area contributed by atoms with Gasteiger partial charge < -0.3 is 9.87 Å². The molecule has 0 aliphatic heterocycles. The third-order valence-electron chi connectivity index (χ3n) is 4.10. The fraction of sp³-hybridized carbons (Fsp3) is 0.368. The molecule has 8 heteroatoms. The second-order valence-electron chi connectivity index (χ2n) is 6.17. The molecule has 0 aliphatic rings. The Kier molecular flexibility index (Phi) is 6.89. The lowest BCUT2D eigenvalue weighted by atomic mass is 10.1. The number of alkyl halides is 3. The zero-order chi connectivity index (χ0) is 20.2. The number of aryl methyl sites for hydroxylation is 2. The zero-order valence-corrected chi connectivity index (χ0v) is 16.1. The number of amides is 1. The van der Waals surface area contributed by atoms with Crippen molar-refractivity contribution in [1.29, 1.82) is 0 Å². The molecule has 1 atom stereocenters. The van der Waals surface area contributed by atoms with Crippen LogP contribution in [0.4, 0.5) is 18.9 Å². The molecule has 1 unspecified atom stereocenters. The molecule has 0 saturated heterocycles. The predicted octanol–water partition coefficient (Wildman–Crippen LogP) is 4.74. The Bertz CT molecular complexity index is 823. The van der Waals surface area contributed by atoms with Crippen LogP contribution < -0.4 is 5.32 Å². The maximum atomic E-state index is 13.1. The Labute approximate surface area is 159 Å². The number of rotatable bonds is 6. The van der Waals surface area contributed by atoms with Gasteiger partial charge in [-0.05, 0) is 48.6 Å². The van der Waals surface area contributed by atoms with Gasteiger partial charge in [-0.1, -0.05) is 19.4 Å². The maximum Gasteiger partial charge on any atom is 0.416 e. The minimum Gasteiger partial charge on any atom is -0.612 e. The van der Waals surface area contributed by atoms with Crippen LogP contribution in [0.5, 0.6) is 0 Å². The smallest absolute Gasteiger partial charge is 0.416 e. The standard InChI is InChI=1S/C19H21F3N2O2S/c1-4-5-6-15-17(16(27(3)26)9-10-23-15)18(25)24-13-8-7-12(2)14(11-13)19(20,21)22/h7-11H,4-6H2,1-3H3,(H,24,25). The fourth-order valence-electron chi connectivity index (χ4n) is 2.70. The summed E-state index contributed by atoms with van der Waals surface area (Å²) in [4.78, 5) is 17.3. The molecule has 0 bridgehead atoms. The van der Waals surface area contributed by atoms with E-state index in [-0.39, 0.29) is 16.8 Å². The van der Waals surface area contributed by atoms with Crippen LogP contribution in [0.1, 0.15) is 46.9 Å². The molecule has 1 aromatic heterocycles. The minimum absolute atomic E-state index is 0.0241. The molecule has 1 amide bonds. The molecule has 2 rings (SSSR count). The number of unbranched alkanes of at least 4 members (excludes halogenated alkanes) is 1. The molecule has 0 saturated carbocycles. The Hall–Kier alpha value is -2.06. The van der Waals surface area contributed by atoms with Crippen molar-refractivity contribution in [3.05, 3.63) is 52.8 Å². The minimum atomic E-state index is -4.51. The first kappa shape index (κ1) is 21.2. The van der Waals surface area contributed by atoms with Crippen LogP contribution in [0.2, 0.25) is 0 Å². The summed E-state index contributed by atoms with van der Waals surface area (Å²) in [5.41, 5.74) is -0.0555. The van der Waals surface area contributed by atoms with Gasteiger partial charge in [-0.3, -0.25) is 9.78 Å². The lowest BCUT2D eigenvalue weighted by Crippen LogP contribution is -2.20. The monoisotopic (exact) mass is 398 g/mol. The normalized spacial score (nSPS) is 12.7. The lowest BCUT2D eigenvalue weighted by molar-refractivity contribution is -0.138. The van der Waals surface area contributed by atoms with Gasteiger partial charge in [0.25, 0.3) is 5.91 Å². The van der Waals surface area contributed by atoms with Gasteiger partial charge in [0.1, 0.15) is 11.8 Å². The number of carbonyl (C=O) groups is 1. The van der Waals surface area contributed by atoms with Crippen molar-refractivity contribution >= 4 is 22.8 Å². The van der Waals surface area contributed by atoms with Gasteiger partial charge >= 0.3 is 6.18 Å². The van der Waals surface area contributed by atoms with Crippen LogP contribution in [0, 0.1) is 6.92 Å². The van der Waals surface area contributed by atoms with E-state index in [4.69, 9.17) is 0 Å². The first-order chi connectivity index (χ1) is 12.6. The molecule has 1 aromatic carbocycles. The van der Waals surface area contributed by atoms with Gasteiger partial charge in [0, 0.05) is 18.0 Å². The van der Waals surface area contributed by atoms with E-state index in [0.717, 1.165) is 18.9 Å². The highest BCUT2D eigenvalue weighted by Crippen LogP contribution is 2.33. The van der Waals surface area contributed by atoms with Crippen molar-refractivity contribution in [3.8, 4) is 0 Å². The van der Waals surface area contributed by atoms with Crippen LogP contribution in [-0.2, 0) is 23.8 Å². The highest BCUT2D eigenvalue weighted by molar-refractivity contribution is 7.90. The Morgan fingerprint density at radius 2 is 2.00 bits per heavy atom. The lowest BCUT2D eigenvalue weighted by Gasteiger charge is -2.15. The van der Waals surface area contributed by atoms with Crippen molar-refractivity contribution in [2.45, 2.75) is 44.2 Å². The van der Waals surface area contributed by atoms with Gasteiger partial charge in [0.05, 0.1) is 11.3 Å². The molecule has 146 valence electrons. The molecule has 1 heterocycles. The first-order valence-electron chi connectivity index (χ1n) is 8.45. The van der Waals surface area contributed by atoms with Gasteiger partial charge in [-0.15, -0.1) is 0 Å². The Morgan fingerprint density at radius 1 is 1.30 bits per heavy atom. The molecule has 27 heavy (non-hydrogen) atoms. The van der Waals surface area contributed by atoms with Crippen molar-refractivity contribution < 1.29 is 22.5 Å². The van der Waals surface area contributed by atoms with E-state index < -0.39 is 28.8 Å². The average Bonchev–Trinajstić information content (AvgIpc) is 2.60. The first-order valence-corrected chi connectivity index (χ1v) is 10.0. The van der Waals surface area contributed by atoms with Gasteiger partial charge in [0.2, 0.25) is 0 Å². The summed E-state index contributed by atoms with van der Waals surface area (Å²) < 4.78 is 51.3. The summed E-state index contributed by atoms with van der Waals surface area (Å²) in [6, 6.07) is 5.11. The quantitative estimate of drug-likeness (QED) is 0.715. The number of benzene rings is 1. The number of nitrogens with one attached hydrogen (secondary N) is 1. The van der Waals surface area contributed by atoms with E-state index in [1.165, 1.54) is 37.6 Å². The molecule has 4 nitrogen and oxygen atoms in total. The highest BCUT2D eigenvalue weighted by Gasteiger charge is 2.33. The van der Waals surface area contributed by atoms with Crippen molar-refractivity contribution in [2.75, 3.05) is 11.6 Å². The number of aromatic nitrogens is 1. The summed E-state index contributed by atoms with van der Waals surface area (Å²) in [7, 11) is 0. The van der Waals surface area contributed by atoms with E-state index >= 15 is 0 Å². The van der Waals surface area contributed by atoms with E-state index in [2.05, 4.69) is 10.3 Å². The fourth-order valence-corrected chi connectivity index (χ4v) is 3.45. The van der Waals surface area contributed by atoms with E-state index in [1.54, 1.807) is 0 Å². The molecular formula is C19H21F3N2O2S. The van der Waals surface area contributed by atoms with Crippen LogP contribution >= 0.6 is 0 Å². The van der Waals surface area contributed by atoms with Crippen LogP contribution in [0.3, 0.4) is 0 Å². The molecule has 1 N–H and O–H groups in total. The molecule has 0 aliphatic carbocycles. The van der Waals surface area contributed by atoms with Gasteiger partial charge in [-0.2, -0.15) is 13.2 Å². The zero-order valence-electron chi connectivity index (χ0n) is 15.3. The molecular weight excluding hydrogens is 377 g/mol. The SMILES string of the molecule is CCCCc1nccc([S+](C)[O-])c1C(=O)Nc1ccc(C)c(C(F)(F)F)c1. The van der Waals surface area contributed by atoms with Crippen LogP contribution in [0.25, 0.3) is 0 Å². The van der Waals surface area contributed by atoms with Gasteiger partial charge in [-0.25, -0.2) is 0 Å². The highest BCUT2D eigenvalue weighted by atomic mass is 32.2. The number of pyridine rings is 1. The topological polar surface area (TPSA) is 65.0 Å². The van der Waals surface area contributed by atoms with E-state index in [0.29, 0.717) is 17.0 Å². The van der Waals surface area contributed by atoms with Crippen molar-refractivity contribution in [3.63, 3.8) is 0 Å².